The molecule has 0 bridgehead atoms. The van der Waals surface area contributed by atoms with Crippen LogP contribution in [0.3, 0.4) is 0 Å². The van der Waals surface area contributed by atoms with Crippen molar-refractivity contribution in [2.75, 3.05) is 11.6 Å². The van der Waals surface area contributed by atoms with E-state index in [1.807, 2.05) is 0 Å². The number of aromatic nitrogens is 2. The minimum Gasteiger partial charge on any atom is -0.407 e. The first-order valence-electron chi connectivity index (χ1n) is 8.39. The number of hydrogen-bond acceptors (Lipinski definition) is 10. The molecule has 0 aliphatic heterocycles. The van der Waals surface area contributed by atoms with E-state index in [9.17, 15) is 33.4 Å². The lowest BCUT2D eigenvalue weighted by molar-refractivity contribution is -0.394. The van der Waals surface area contributed by atoms with Crippen molar-refractivity contribution >= 4 is 33.1 Å². The van der Waals surface area contributed by atoms with Crippen LogP contribution in [0.2, 0.25) is 0 Å². The highest BCUT2D eigenvalue weighted by Crippen LogP contribution is 2.23. The van der Waals surface area contributed by atoms with Gasteiger partial charge >= 0.3 is 6.01 Å². The topological polar surface area (TPSA) is 188 Å². The van der Waals surface area contributed by atoms with Crippen molar-refractivity contribution < 1.29 is 27.5 Å². The zero-order valence-corrected chi connectivity index (χ0v) is 16.5. The molecule has 0 aliphatic rings. The number of nitrogens with zero attached hydrogens (tertiary/aromatic N) is 4. The van der Waals surface area contributed by atoms with Crippen molar-refractivity contribution in [3.8, 4) is 0 Å². The fraction of sp³-hybridized carbons (Fsp3) is 0.118. The molecule has 0 atom stereocenters. The fourth-order valence-electron chi connectivity index (χ4n) is 2.51. The van der Waals surface area contributed by atoms with E-state index < -0.39 is 37.0 Å². The van der Waals surface area contributed by atoms with Gasteiger partial charge in [0.15, 0.2) is 9.84 Å². The first kappa shape index (κ1) is 21.5. The normalized spacial score (nSPS) is 11.1. The Morgan fingerprint density at radius 2 is 1.61 bits per heavy atom. The minimum atomic E-state index is -3.33. The molecule has 0 saturated heterocycles. The zero-order chi connectivity index (χ0) is 22.8. The summed E-state index contributed by atoms with van der Waals surface area (Å²) in [6, 6.07) is 8.17. The van der Waals surface area contributed by atoms with Crippen molar-refractivity contribution in [3.63, 3.8) is 0 Å². The average Bonchev–Trinajstić information content (AvgIpc) is 3.13. The molecule has 3 rings (SSSR count). The lowest BCUT2D eigenvalue weighted by Crippen LogP contribution is -2.13. The number of anilines is 1. The van der Waals surface area contributed by atoms with Crippen molar-refractivity contribution in [1.29, 1.82) is 0 Å². The molecule has 14 heteroatoms. The van der Waals surface area contributed by atoms with Crippen LogP contribution in [0.1, 0.15) is 21.8 Å². The zero-order valence-electron chi connectivity index (χ0n) is 15.7. The van der Waals surface area contributed by atoms with Crippen LogP contribution >= 0.6 is 0 Å². The Balaban J connectivity index is 1.74. The monoisotopic (exact) mass is 447 g/mol. The summed E-state index contributed by atoms with van der Waals surface area (Å²) in [6.45, 7) is 0. The number of non-ortho nitro benzene ring substituents is 2. The van der Waals surface area contributed by atoms with Gasteiger partial charge in [0, 0.05) is 18.4 Å². The van der Waals surface area contributed by atoms with Crippen LogP contribution in [-0.4, -0.2) is 40.6 Å². The second kappa shape index (κ2) is 8.27. The van der Waals surface area contributed by atoms with Crippen LogP contribution in [0.15, 0.2) is 51.8 Å². The summed E-state index contributed by atoms with van der Waals surface area (Å²) in [7, 11) is -3.33. The Kier molecular flexibility index (Phi) is 5.74. The predicted molar refractivity (Wildman–Crippen MR) is 104 cm³/mol. The molecule has 0 unspecified atom stereocenters. The number of nitro benzene ring substituents is 2. The van der Waals surface area contributed by atoms with Gasteiger partial charge in [-0.1, -0.05) is 17.2 Å². The smallest absolute Gasteiger partial charge is 0.322 e. The van der Waals surface area contributed by atoms with E-state index in [0.29, 0.717) is 5.56 Å². The molecule has 1 aromatic heterocycles. The molecule has 0 radical (unpaired) electrons. The Bertz CT molecular complexity index is 1250. The predicted octanol–water partition coefficient (Wildman–Crippen LogP) is 2.13. The summed E-state index contributed by atoms with van der Waals surface area (Å²) in [6.07, 6.45) is 1.24. The number of nitro groups is 2. The summed E-state index contributed by atoms with van der Waals surface area (Å²) in [5.41, 5.74) is -0.911. The van der Waals surface area contributed by atoms with E-state index in [4.69, 9.17) is 4.42 Å². The highest BCUT2D eigenvalue weighted by molar-refractivity contribution is 7.90. The molecule has 160 valence electrons. The molecule has 1 heterocycles. The molecule has 0 spiro atoms. The maximum absolute atomic E-state index is 12.3. The summed E-state index contributed by atoms with van der Waals surface area (Å²) in [5, 5.41) is 31.5. The van der Waals surface area contributed by atoms with Crippen LogP contribution in [0.25, 0.3) is 0 Å². The van der Waals surface area contributed by atoms with E-state index in [-0.39, 0.29) is 28.8 Å². The average molecular weight is 447 g/mol. The number of carbonyl (C=O) groups is 1. The number of rotatable bonds is 7. The quantitative estimate of drug-likeness (QED) is 0.415. The number of carbonyl (C=O) groups excluding carboxylic acids is 1. The third-order valence-corrected chi connectivity index (χ3v) is 5.11. The van der Waals surface area contributed by atoms with Crippen LogP contribution in [-0.2, 0) is 16.3 Å². The second-order valence-corrected chi connectivity index (χ2v) is 8.32. The standard InChI is InChI=1S/C17H13N5O8S/c1-31(28,29)14-4-2-10(3-5-14)6-15-19-20-17(30-15)18-16(23)11-7-12(21(24)25)9-13(8-11)22(26)27/h2-5,7-9H,6H2,1H3,(H,18,20,23). The first-order chi connectivity index (χ1) is 14.5. The van der Waals surface area contributed by atoms with Gasteiger partial charge in [-0.15, -0.1) is 5.10 Å². The number of benzene rings is 2. The largest absolute Gasteiger partial charge is 0.407 e. The van der Waals surface area contributed by atoms with E-state index >= 15 is 0 Å². The summed E-state index contributed by atoms with van der Waals surface area (Å²) in [4.78, 5) is 32.6. The maximum atomic E-state index is 12.3. The molecular formula is C17H13N5O8S. The highest BCUT2D eigenvalue weighted by Gasteiger charge is 2.21. The van der Waals surface area contributed by atoms with Gasteiger partial charge in [0.25, 0.3) is 17.3 Å². The summed E-state index contributed by atoms with van der Waals surface area (Å²) < 4.78 is 28.3. The third kappa shape index (κ3) is 5.24. The van der Waals surface area contributed by atoms with Crippen LogP contribution in [0, 0.1) is 20.2 Å². The van der Waals surface area contributed by atoms with Crippen molar-refractivity contribution in [1.82, 2.24) is 10.2 Å². The molecule has 3 aromatic rings. The minimum absolute atomic E-state index is 0.104. The molecule has 0 aliphatic carbocycles. The molecule has 1 amide bonds. The first-order valence-corrected chi connectivity index (χ1v) is 10.3. The van der Waals surface area contributed by atoms with Gasteiger partial charge < -0.3 is 4.42 Å². The SMILES string of the molecule is CS(=O)(=O)c1ccc(Cc2nnc(NC(=O)c3cc([N+](=O)[O-])cc([N+](=O)[O-])c3)o2)cc1. The maximum Gasteiger partial charge on any atom is 0.322 e. The van der Waals surface area contributed by atoms with Gasteiger partial charge in [0.2, 0.25) is 5.89 Å². The number of nitrogens with one attached hydrogen (secondary N) is 1. The fourth-order valence-corrected chi connectivity index (χ4v) is 3.14. The van der Waals surface area contributed by atoms with Crippen molar-refractivity contribution in [2.45, 2.75) is 11.3 Å². The van der Waals surface area contributed by atoms with Gasteiger partial charge in [-0.05, 0) is 17.7 Å². The van der Waals surface area contributed by atoms with Gasteiger partial charge in [0.05, 0.1) is 32.8 Å². The third-order valence-electron chi connectivity index (χ3n) is 3.98. The van der Waals surface area contributed by atoms with E-state index in [2.05, 4.69) is 15.5 Å². The molecular weight excluding hydrogens is 434 g/mol. The van der Waals surface area contributed by atoms with Gasteiger partial charge in [-0.25, -0.2) is 8.42 Å². The van der Waals surface area contributed by atoms with Crippen molar-refractivity contribution in [3.05, 3.63) is 79.7 Å². The van der Waals surface area contributed by atoms with Crippen molar-refractivity contribution in [2.24, 2.45) is 0 Å². The number of hydrogen-bond donors (Lipinski definition) is 1. The van der Waals surface area contributed by atoms with Gasteiger partial charge in [-0.3, -0.25) is 30.3 Å². The van der Waals surface area contributed by atoms with Gasteiger partial charge in [0.1, 0.15) is 0 Å². The Morgan fingerprint density at radius 1 is 1.03 bits per heavy atom. The molecule has 31 heavy (non-hydrogen) atoms. The molecule has 1 N–H and O–H groups in total. The highest BCUT2D eigenvalue weighted by atomic mass is 32.2. The molecule has 0 fully saturated rings. The molecule has 0 saturated carbocycles. The summed E-state index contributed by atoms with van der Waals surface area (Å²) >= 11 is 0. The van der Waals surface area contributed by atoms with Crippen LogP contribution in [0.5, 0.6) is 0 Å². The number of sulfone groups is 1. The van der Waals surface area contributed by atoms with E-state index in [1.54, 1.807) is 12.1 Å². The lowest BCUT2D eigenvalue weighted by Gasteiger charge is -2.02. The Morgan fingerprint density at radius 3 is 2.13 bits per heavy atom. The lowest BCUT2D eigenvalue weighted by atomic mass is 10.1. The van der Waals surface area contributed by atoms with Crippen LogP contribution < -0.4 is 5.32 Å². The Hall–Kier alpha value is -4.20. The van der Waals surface area contributed by atoms with E-state index in [0.717, 1.165) is 24.5 Å². The molecule has 2 aromatic carbocycles. The van der Waals surface area contributed by atoms with Crippen LogP contribution in [0.4, 0.5) is 17.4 Å². The Labute approximate surface area is 173 Å². The molecule has 13 nitrogen and oxygen atoms in total. The summed E-state index contributed by atoms with van der Waals surface area (Å²) in [5.74, 6) is -0.813. The van der Waals surface area contributed by atoms with Gasteiger partial charge in [-0.2, -0.15) is 0 Å². The number of amides is 1. The van der Waals surface area contributed by atoms with E-state index in [1.165, 1.54) is 12.1 Å². The second-order valence-electron chi connectivity index (χ2n) is 6.30.